The number of anilines is 2. The van der Waals surface area contributed by atoms with Gasteiger partial charge in [0.2, 0.25) is 0 Å². The number of carbonyl (C=O) groups excluding carboxylic acids is 1. The first-order valence-electron chi connectivity index (χ1n) is 10.1. The second-order valence-electron chi connectivity index (χ2n) is 8.17. The van der Waals surface area contributed by atoms with Crippen LogP contribution in [0.3, 0.4) is 0 Å². The molecule has 30 heavy (non-hydrogen) atoms. The number of rotatable bonds is 6. The summed E-state index contributed by atoms with van der Waals surface area (Å²) in [4.78, 5) is 17.2. The molecule has 3 nitrogen and oxygen atoms in total. The normalized spacial score (nSPS) is 10.6. The average molecular weight is 399 g/mol. The summed E-state index contributed by atoms with van der Waals surface area (Å²) in [6.45, 7) is 8.36. The molecule has 154 valence electrons. The fraction of sp³-hybridized carbons (Fsp3) is 0.222. The van der Waals surface area contributed by atoms with Crippen LogP contribution in [0, 0.1) is 13.8 Å². The molecule has 0 N–H and O–H groups in total. The van der Waals surface area contributed by atoms with Crippen molar-refractivity contribution in [2.75, 3.05) is 38.0 Å². The minimum absolute atomic E-state index is 0.0494. The summed E-state index contributed by atoms with van der Waals surface area (Å²) in [6, 6.07) is 20.2. The Morgan fingerprint density at radius 3 is 1.53 bits per heavy atom. The molecule has 3 rings (SSSR count). The summed E-state index contributed by atoms with van der Waals surface area (Å²) in [7, 11) is 8.04. The maximum Gasteiger partial charge on any atom is 0.193 e. The molecule has 0 aliphatic carbocycles. The second kappa shape index (κ2) is 8.58. The first kappa shape index (κ1) is 21.4. The Morgan fingerprint density at radius 1 is 0.667 bits per heavy atom. The second-order valence-corrected chi connectivity index (χ2v) is 8.17. The molecule has 0 saturated carbocycles. The predicted molar refractivity (Wildman–Crippen MR) is 129 cm³/mol. The zero-order valence-corrected chi connectivity index (χ0v) is 18.8. The maximum atomic E-state index is 13.1. The summed E-state index contributed by atoms with van der Waals surface area (Å²) in [5, 5.41) is 0. The number of hydrogen-bond donors (Lipinski definition) is 0. The van der Waals surface area contributed by atoms with Gasteiger partial charge in [0, 0.05) is 50.7 Å². The van der Waals surface area contributed by atoms with Gasteiger partial charge in [-0.1, -0.05) is 24.8 Å². The molecule has 0 heterocycles. The van der Waals surface area contributed by atoms with Crippen LogP contribution in [0.2, 0.25) is 0 Å². The highest BCUT2D eigenvalue weighted by molar-refractivity contribution is 6.10. The van der Waals surface area contributed by atoms with Crippen molar-refractivity contribution in [3.05, 3.63) is 101 Å². The van der Waals surface area contributed by atoms with Gasteiger partial charge < -0.3 is 9.80 Å². The molecular weight excluding hydrogens is 368 g/mol. The minimum Gasteiger partial charge on any atom is -0.378 e. The van der Waals surface area contributed by atoms with Gasteiger partial charge in [-0.3, -0.25) is 4.79 Å². The lowest BCUT2D eigenvalue weighted by atomic mass is 9.89. The van der Waals surface area contributed by atoms with E-state index in [1.54, 1.807) is 0 Å². The molecule has 0 amide bonds. The number of ketones is 1. The topological polar surface area (TPSA) is 23.6 Å². The smallest absolute Gasteiger partial charge is 0.193 e. The highest BCUT2D eigenvalue weighted by Crippen LogP contribution is 2.29. The Hall–Kier alpha value is -3.33. The molecule has 0 saturated heterocycles. The fourth-order valence-electron chi connectivity index (χ4n) is 3.57. The van der Waals surface area contributed by atoms with Crippen molar-refractivity contribution in [3.63, 3.8) is 0 Å². The van der Waals surface area contributed by atoms with Crippen molar-refractivity contribution in [2.45, 2.75) is 13.8 Å². The van der Waals surface area contributed by atoms with Crippen molar-refractivity contribution in [2.24, 2.45) is 0 Å². The van der Waals surface area contributed by atoms with E-state index in [0.29, 0.717) is 5.56 Å². The zero-order valence-electron chi connectivity index (χ0n) is 18.8. The van der Waals surface area contributed by atoms with E-state index < -0.39 is 0 Å². The standard InChI is InChI=1S/C27H30N2O/c1-18-17-26(27(30)22-10-14-24(15-11-22)29(6)7)19(2)16-25(18)20(3)21-8-12-23(13-9-21)28(4)5/h8-17H,3H2,1-2,4-7H3. The van der Waals surface area contributed by atoms with Gasteiger partial charge in [0.15, 0.2) is 5.78 Å². The van der Waals surface area contributed by atoms with E-state index >= 15 is 0 Å². The number of hydrogen-bond acceptors (Lipinski definition) is 3. The van der Waals surface area contributed by atoms with E-state index in [2.05, 4.69) is 41.8 Å². The molecule has 0 spiro atoms. The van der Waals surface area contributed by atoms with Gasteiger partial charge in [-0.2, -0.15) is 0 Å². The third kappa shape index (κ3) is 4.30. The van der Waals surface area contributed by atoms with E-state index in [1.165, 1.54) is 0 Å². The summed E-state index contributed by atoms with van der Waals surface area (Å²) < 4.78 is 0. The highest BCUT2D eigenvalue weighted by Gasteiger charge is 2.16. The molecule has 0 aliphatic rings. The van der Waals surface area contributed by atoms with Crippen molar-refractivity contribution in [1.29, 1.82) is 0 Å². The molecular formula is C27H30N2O. The van der Waals surface area contributed by atoms with E-state index in [1.807, 2.05) is 77.3 Å². The summed E-state index contributed by atoms with van der Waals surface area (Å²) in [5.41, 5.74) is 8.81. The van der Waals surface area contributed by atoms with Gasteiger partial charge in [0.25, 0.3) is 0 Å². The Labute approximate surface area is 180 Å². The van der Waals surface area contributed by atoms with Gasteiger partial charge in [0.1, 0.15) is 0 Å². The zero-order chi connectivity index (χ0) is 22.0. The molecule has 0 radical (unpaired) electrons. The number of benzene rings is 3. The quantitative estimate of drug-likeness (QED) is 0.496. The Morgan fingerprint density at radius 2 is 1.07 bits per heavy atom. The number of aryl methyl sites for hydroxylation is 2. The van der Waals surface area contributed by atoms with Crippen LogP contribution in [0.15, 0.2) is 67.2 Å². The van der Waals surface area contributed by atoms with Crippen LogP contribution in [-0.4, -0.2) is 34.0 Å². The van der Waals surface area contributed by atoms with Crippen LogP contribution in [0.1, 0.15) is 38.2 Å². The van der Waals surface area contributed by atoms with Crippen LogP contribution < -0.4 is 9.80 Å². The van der Waals surface area contributed by atoms with Gasteiger partial charge in [-0.15, -0.1) is 0 Å². The van der Waals surface area contributed by atoms with Crippen molar-refractivity contribution in [1.82, 2.24) is 0 Å². The monoisotopic (exact) mass is 398 g/mol. The molecule has 3 aromatic rings. The maximum absolute atomic E-state index is 13.1. The van der Waals surface area contributed by atoms with Gasteiger partial charge in [0.05, 0.1) is 0 Å². The Kier molecular flexibility index (Phi) is 6.12. The van der Waals surface area contributed by atoms with Crippen molar-refractivity contribution < 1.29 is 4.79 Å². The van der Waals surface area contributed by atoms with Crippen molar-refractivity contribution in [3.8, 4) is 0 Å². The fourth-order valence-corrected chi connectivity index (χ4v) is 3.57. The molecule has 0 atom stereocenters. The van der Waals surface area contributed by atoms with Gasteiger partial charge >= 0.3 is 0 Å². The highest BCUT2D eigenvalue weighted by atomic mass is 16.1. The molecule has 3 aromatic carbocycles. The third-order valence-corrected chi connectivity index (χ3v) is 5.52. The lowest BCUT2D eigenvalue weighted by Gasteiger charge is -2.16. The molecule has 3 heteroatoms. The van der Waals surface area contributed by atoms with Crippen LogP contribution in [0.5, 0.6) is 0 Å². The number of carbonyl (C=O) groups is 1. The molecule has 0 aromatic heterocycles. The van der Waals surface area contributed by atoms with Crippen LogP contribution in [0.4, 0.5) is 11.4 Å². The Balaban J connectivity index is 1.91. The molecule has 0 aliphatic heterocycles. The van der Waals surface area contributed by atoms with Crippen LogP contribution in [-0.2, 0) is 0 Å². The predicted octanol–water partition coefficient (Wildman–Crippen LogP) is 5.73. The van der Waals surface area contributed by atoms with Gasteiger partial charge in [-0.05, 0) is 84.1 Å². The largest absolute Gasteiger partial charge is 0.378 e. The first-order chi connectivity index (χ1) is 14.2. The van der Waals surface area contributed by atoms with E-state index in [9.17, 15) is 4.79 Å². The van der Waals surface area contributed by atoms with E-state index in [4.69, 9.17) is 0 Å². The van der Waals surface area contributed by atoms with E-state index in [-0.39, 0.29) is 5.78 Å². The summed E-state index contributed by atoms with van der Waals surface area (Å²) >= 11 is 0. The minimum atomic E-state index is 0.0494. The SMILES string of the molecule is C=C(c1ccc(N(C)C)cc1)c1cc(C)c(C(=O)c2ccc(N(C)C)cc2)cc1C. The number of nitrogens with zero attached hydrogens (tertiary/aromatic N) is 2. The molecule has 0 bridgehead atoms. The van der Waals surface area contributed by atoms with Crippen LogP contribution in [0.25, 0.3) is 5.57 Å². The summed E-state index contributed by atoms with van der Waals surface area (Å²) in [5.74, 6) is 0.0494. The first-order valence-corrected chi connectivity index (χ1v) is 10.1. The summed E-state index contributed by atoms with van der Waals surface area (Å²) in [6.07, 6.45) is 0. The molecule has 0 unspecified atom stereocenters. The van der Waals surface area contributed by atoms with E-state index in [0.717, 1.165) is 44.8 Å². The molecule has 0 fully saturated rings. The average Bonchev–Trinajstić information content (AvgIpc) is 2.74. The van der Waals surface area contributed by atoms with Crippen molar-refractivity contribution >= 4 is 22.7 Å². The Bertz CT molecular complexity index is 986. The lowest BCUT2D eigenvalue weighted by molar-refractivity contribution is 0.103. The lowest BCUT2D eigenvalue weighted by Crippen LogP contribution is -2.10. The van der Waals surface area contributed by atoms with Crippen LogP contribution >= 0.6 is 0 Å². The van der Waals surface area contributed by atoms with Gasteiger partial charge in [-0.25, -0.2) is 0 Å². The third-order valence-electron chi connectivity index (χ3n) is 5.52.